The molecule has 4 heteroatoms. The molecule has 0 unspecified atom stereocenters. The lowest BCUT2D eigenvalue weighted by molar-refractivity contribution is 0.844. The van der Waals surface area contributed by atoms with Gasteiger partial charge in [-0.1, -0.05) is 95.9 Å². The summed E-state index contributed by atoms with van der Waals surface area (Å²) in [7, 11) is -3.02. The Hall–Kier alpha value is -0.546. The summed E-state index contributed by atoms with van der Waals surface area (Å²) < 4.78 is 0. The van der Waals surface area contributed by atoms with Crippen LogP contribution in [-0.2, 0) is 0 Å². The number of benzene rings is 2. The minimum absolute atomic E-state index is 0.840. The lowest BCUT2D eigenvalue weighted by atomic mass is 10.4. The molecule has 0 amide bonds. The summed E-state index contributed by atoms with van der Waals surface area (Å²) in [6, 6.07) is 20.3. The molecule has 0 N–H and O–H groups in total. The Bertz CT molecular complexity index is 594. The van der Waals surface area contributed by atoms with Crippen molar-refractivity contribution >= 4 is 48.8 Å². The highest BCUT2D eigenvalue weighted by Gasteiger charge is 2.51. The first-order valence-corrected chi connectivity index (χ1v) is 15.1. The predicted octanol–water partition coefficient (Wildman–Crippen LogP) is 5.14. The molecule has 1 aliphatic rings. The highest BCUT2D eigenvalue weighted by Crippen LogP contribution is 2.35. The van der Waals surface area contributed by atoms with Gasteiger partial charge < -0.3 is 0 Å². The fraction of sp³-hybridized carbons (Fsp3) is 0.333. The van der Waals surface area contributed by atoms with E-state index in [-0.39, 0.29) is 0 Å². The Morgan fingerprint density at radius 1 is 0.636 bits per heavy atom. The smallest absolute Gasteiger partial charge is 0.0824 e. The quantitative estimate of drug-likeness (QED) is 0.647. The monoisotopic (exact) mass is 364 g/mol. The Kier molecular flexibility index (Phi) is 4.57. The van der Waals surface area contributed by atoms with Crippen molar-refractivity contribution in [3.63, 3.8) is 0 Å². The second kappa shape index (κ2) is 6.16. The molecule has 3 rings (SSSR count). The predicted molar refractivity (Wildman–Crippen MR) is 104 cm³/mol. The minimum Gasteiger partial charge on any atom is -0.0843 e. The van der Waals surface area contributed by atoms with Crippen LogP contribution in [0.4, 0.5) is 0 Å². The Labute approximate surface area is 145 Å². The van der Waals surface area contributed by atoms with Crippen molar-refractivity contribution in [2.75, 3.05) is 0 Å². The average Bonchev–Trinajstić information content (AvgIpc) is 2.51. The minimum atomic E-state index is -1.51. The first-order valence-electron chi connectivity index (χ1n) is 7.98. The van der Waals surface area contributed by atoms with Gasteiger partial charge in [-0.05, 0) is 24.3 Å². The highest BCUT2D eigenvalue weighted by molar-refractivity contribution is 7.50. The molecule has 1 aliphatic heterocycles. The van der Waals surface area contributed by atoms with Crippen molar-refractivity contribution in [1.82, 2.24) is 0 Å². The lowest BCUT2D eigenvalue weighted by Gasteiger charge is -2.48. The van der Waals surface area contributed by atoms with Crippen LogP contribution in [0.2, 0.25) is 35.2 Å². The fourth-order valence-corrected chi connectivity index (χ4v) is 20.2. The third-order valence-electron chi connectivity index (χ3n) is 5.78. The SMILES string of the molecule is C[Si@@]1(c2ccc(Cl)cc2)CCCC[Si@]1(C)c1ccc(Cl)cc1. The molecule has 1 heterocycles. The van der Waals surface area contributed by atoms with Gasteiger partial charge in [-0.25, -0.2) is 0 Å². The summed E-state index contributed by atoms with van der Waals surface area (Å²) in [6.45, 7) is 5.21. The molecule has 0 saturated carbocycles. The van der Waals surface area contributed by atoms with E-state index in [9.17, 15) is 0 Å². The van der Waals surface area contributed by atoms with Crippen molar-refractivity contribution in [2.24, 2.45) is 0 Å². The van der Waals surface area contributed by atoms with E-state index in [1.165, 1.54) is 24.9 Å². The molecule has 2 atom stereocenters. The Morgan fingerprint density at radius 2 is 0.955 bits per heavy atom. The van der Waals surface area contributed by atoms with Crippen molar-refractivity contribution in [3.05, 3.63) is 58.6 Å². The highest BCUT2D eigenvalue weighted by atomic mass is 35.5. The van der Waals surface area contributed by atoms with Gasteiger partial charge in [0.25, 0.3) is 0 Å². The van der Waals surface area contributed by atoms with Crippen LogP contribution in [0.1, 0.15) is 12.8 Å². The van der Waals surface area contributed by atoms with Crippen molar-refractivity contribution in [3.8, 4) is 0 Å². The van der Waals surface area contributed by atoms with Crippen LogP contribution in [0.5, 0.6) is 0 Å². The normalized spacial score (nSPS) is 28.5. The molecule has 1 fully saturated rings. The standard InChI is InChI=1S/C18H22Cl2Si2/c1-21(17-9-5-15(19)6-10-17)13-3-4-14-22(21,2)18-11-7-16(20)8-12-18/h5-12H,3-4,13-14H2,1-2H3/t21-,22+. The van der Waals surface area contributed by atoms with E-state index in [2.05, 4.69) is 61.6 Å². The van der Waals surface area contributed by atoms with Gasteiger partial charge in [0.2, 0.25) is 0 Å². The number of hydrogen-bond acceptors (Lipinski definition) is 0. The van der Waals surface area contributed by atoms with Gasteiger partial charge in [-0.2, -0.15) is 0 Å². The summed E-state index contributed by atoms with van der Waals surface area (Å²) in [5.74, 6) is 0. The van der Waals surface area contributed by atoms with E-state index in [4.69, 9.17) is 23.2 Å². The summed E-state index contributed by atoms with van der Waals surface area (Å²) in [4.78, 5) is 0. The topological polar surface area (TPSA) is 0 Å². The summed E-state index contributed by atoms with van der Waals surface area (Å²) >= 11 is 12.2. The number of rotatable bonds is 2. The van der Waals surface area contributed by atoms with Crippen LogP contribution in [0.25, 0.3) is 0 Å². The van der Waals surface area contributed by atoms with Crippen LogP contribution in [0.15, 0.2) is 48.5 Å². The van der Waals surface area contributed by atoms with Gasteiger partial charge in [-0.15, -0.1) is 0 Å². The first-order chi connectivity index (χ1) is 10.5. The second-order valence-corrected chi connectivity index (χ2v) is 21.9. The largest absolute Gasteiger partial charge is 0.0843 e. The molecule has 0 nitrogen and oxygen atoms in total. The maximum atomic E-state index is 6.11. The van der Waals surface area contributed by atoms with Crippen LogP contribution in [0.3, 0.4) is 0 Å². The molecular formula is C18H22Cl2Si2. The van der Waals surface area contributed by atoms with Gasteiger partial charge >= 0.3 is 0 Å². The number of hydrogen-bond donors (Lipinski definition) is 0. The van der Waals surface area contributed by atoms with E-state index in [0.717, 1.165) is 10.0 Å². The van der Waals surface area contributed by atoms with Crippen LogP contribution in [0, 0.1) is 0 Å². The van der Waals surface area contributed by atoms with Gasteiger partial charge in [0, 0.05) is 10.0 Å². The Morgan fingerprint density at radius 3 is 1.27 bits per heavy atom. The van der Waals surface area contributed by atoms with Crippen LogP contribution >= 0.6 is 23.2 Å². The molecule has 22 heavy (non-hydrogen) atoms. The molecule has 0 radical (unpaired) electrons. The zero-order valence-electron chi connectivity index (χ0n) is 13.2. The molecule has 0 aliphatic carbocycles. The van der Waals surface area contributed by atoms with E-state index in [1.807, 2.05) is 0 Å². The molecule has 0 bridgehead atoms. The average molecular weight is 365 g/mol. The lowest BCUT2D eigenvalue weighted by Crippen LogP contribution is -2.73. The van der Waals surface area contributed by atoms with Gasteiger partial charge in [0.05, 0.1) is 15.2 Å². The van der Waals surface area contributed by atoms with Crippen molar-refractivity contribution in [1.29, 1.82) is 0 Å². The van der Waals surface area contributed by atoms with E-state index < -0.39 is 15.2 Å². The van der Waals surface area contributed by atoms with Gasteiger partial charge in [0.1, 0.15) is 0 Å². The third kappa shape index (κ3) is 2.71. The molecule has 116 valence electrons. The third-order valence-corrected chi connectivity index (χ3v) is 25.2. The van der Waals surface area contributed by atoms with Crippen LogP contribution in [-0.4, -0.2) is 15.2 Å². The zero-order chi connectivity index (χ0) is 15.8. The van der Waals surface area contributed by atoms with E-state index in [1.54, 1.807) is 10.4 Å². The molecule has 0 spiro atoms. The summed E-state index contributed by atoms with van der Waals surface area (Å²) in [6.07, 6.45) is 2.75. The van der Waals surface area contributed by atoms with E-state index >= 15 is 0 Å². The summed E-state index contributed by atoms with van der Waals surface area (Å²) in [5, 5.41) is 4.85. The zero-order valence-corrected chi connectivity index (χ0v) is 16.7. The first kappa shape index (κ1) is 16.3. The molecular weight excluding hydrogens is 343 g/mol. The maximum absolute atomic E-state index is 6.11. The molecule has 2 aromatic rings. The number of halogens is 2. The molecule has 2 aromatic carbocycles. The Balaban J connectivity index is 2.10. The van der Waals surface area contributed by atoms with E-state index in [0.29, 0.717) is 0 Å². The maximum Gasteiger partial charge on any atom is 0.0824 e. The summed E-state index contributed by atoms with van der Waals surface area (Å²) in [5.41, 5.74) is 0. The molecule has 1 saturated heterocycles. The van der Waals surface area contributed by atoms with Gasteiger partial charge in [0.15, 0.2) is 0 Å². The van der Waals surface area contributed by atoms with Crippen molar-refractivity contribution < 1.29 is 0 Å². The fourth-order valence-electron chi connectivity index (χ4n) is 4.07. The van der Waals surface area contributed by atoms with Gasteiger partial charge in [-0.3, -0.25) is 0 Å². The van der Waals surface area contributed by atoms with Crippen LogP contribution < -0.4 is 10.4 Å². The molecule has 0 aromatic heterocycles. The second-order valence-electron chi connectivity index (χ2n) is 6.89. The van der Waals surface area contributed by atoms with Crippen molar-refractivity contribution in [2.45, 2.75) is 38.0 Å².